The topological polar surface area (TPSA) is 177 Å². The van der Waals surface area contributed by atoms with E-state index in [9.17, 15) is 14.4 Å². The molecule has 1 aromatic heterocycles. The van der Waals surface area contributed by atoms with E-state index >= 15 is 0 Å². The van der Waals surface area contributed by atoms with E-state index in [1.807, 2.05) is 24.4 Å². The van der Waals surface area contributed by atoms with Crippen molar-refractivity contribution in [3.8, 4) is 17.0 Å². The standard InChI is InChI=1S/C19H26N4O.C6H8O7/c1-15(2)13-22-7-9-23(10-8-22)14-17-12-20-21-19(17)16-5-4-6-18(11-16)24-3;7-3(8)1-6(13,5(11)12)2-4(9)10/h4-6,11-12H,1,7-10,13-14H2,2-3H3,(H,20,21);13H,1-2H2,(H,7,8)(H,9,10)(H,11,12). The van der Waals surface area contributed by atoms with Gasteiger partial charge in [0, 0.05) is 50.4 Å². The zero-order valence-corrected chi connectivity index (χ0v) is 21.0. The number of aliphatic hydroxyl groups is 1. The summed E-state index contributed by atoms with van der Waals surface area (Å²) < 4.78 is 5.33. The molecule has 2 aromatic rings. The van der Waals surface area contributed by atoms with Crippen LogP contribution >= 0.6 is 0 Å². The Bertz CT molecular complexity index is 1080. The zero-order chi connectivity index (χ0) is 27.6. The van der Waals surface area contributed by atoms with Gasteiger partial charge in [0.05, 0.1) is 31.8 Å². The van der Waals surface area contributed by atoms with Crippen LogP contribution in [0.1, 0.15) is 25.3 Å². The van der Waals surface area contributed by atoms with Crippen molar-refractivity contribution >= 4 is 17.9 Å². The first-order valence-corrected chi connectivity index (χ1v) is 11.6. The summed E-state index contributed by atoms with van der Waals surface area (Å²) in [5.41, 5.74) is 1.92. The second-order valence-corrected chi connectivity index (χ2v) is 8.99. The number of aliphatic carboxylic acids is 3. The number of hydrogen-bond acceptors (Lipinski definition) is 8. The summed E-state index contributed by atoms with van der Waals surface area (Å²) >= 11 is 0. The van der Waals surface area contributed by atoms with Gasteiger partial charge in [0.1, 0.15) is 5.75 Å². The van der Waals surface area contributed by atoms with E-state index in [4.69, 9.17) is 25.2 Å². The summed E-state index contributed by atoms with van der Waals surface area (Å²) in [7, 11) is 1.69. The monoisotopic (exact) mass is 518 g/mol. The highest BCUT2D eigenvalue weighted by molar-refractivity contribution is 5.88. The van der Waals surface area contributed by atoms with Crippen molar-refractivity contribution in [1.29, 1.82) is 0 Å². The van der Waals surface area contributed by atoms with Crippen molar-refractivity contribution in [2.75, 3.05) is 39.8 Å². The number of piperazine rings is 1. The molecule has 1 aliphatic heterocycles. The molecule has 2 heterocycles. The molecule has 3 rings (SSSR count). The molecule has 0 atom stereocenters. The molecule has 1 aromatic carbocycles. The number of carboxylic acid groups (broad SMARTS) is 3. The molecule has 1 fully saturated rings. The van der Waals surface area contributed by atoms with Crippen molar-refractivity contribution < 1.29 is 39.5 Å². The number of nitrogens with zero attached hydrogens (tertiary/aromatic N) is 3. The Balaban J connectivity index is 0.000000317. The van der Waals surface area contributed by atoms with Crippen LogP contribution in [0.25, 0.3) is 11.3 Å². The first kappa shape index (κ1) is 29.5. The lowest BCUT2D eigenvalue weighted by molar-refractivity contribution is -0.170. The van der Waals surface area contributed by atoms with E-state index in [1.54, 1.807) is 7.11 Å². The van der Waals surface area contributed by atoms with E-state index in [2.05, 4.69) is 39.6 Å². The highest BCUT2D eigenvalue weighted by atomic mass is 16.5. The summed E-state index contributed by atoms with van der Waals surface area (Å²) in [6, 6.07) is 8.10. The molecule has 0 spiro atoms. The molecule has 0 amide bonds. The number of carboxylic acids is 3. The number of aromatic amines is 1. The summed E-state index contributed by atoms with van der Waals surface area (Å²) in [6.07, 6.45) is -0.349. The first-order valence-electron chi connectivity index (χ1n) is 11.6. The molecular formula is C25H34N4O8. The number of ether oxygens (including phenoxy) is 1. The highest BCUT2D eigenvalue weighted by Gasteiger charge is 2.40. The molecule has 0 radical (unpaired) electrons. The number of hydrogen-bond donors (Lipinski definition) is 5. The molecule has 37 heavy (non-hydrogen) atoms. The predicted octanol–water partition coefficient (Wildman–Crippen LogP) is 1.53. The average molecular weight is 519 g/mol. The lowest BCUT2D eigenvalue weighted by Crippen LogP contribution is -2.46. The molecule has 0 aliphatic carbocycles. The lowest BCUT2D eigenvalue weighted by atomic mass is 9.96. The fourth-order valence-electron chi connectivity index (χ4n) is 3.90. The Kier molecular flexibility index (Phi) is 10.8. The Morgan fingerprint density at radius 3 is 2.19 bits per heavy atom. The lowest BCUT2D eigenvalue weighted by Gasteiger charge is -2.34. The van der Waals surface area contributed by atoms with Gasteiger partial charge in [-0.05, 0) is 19.1 Å². The molecule has 12 heteroatoms. The maximum atomic E-state index is 10.3. The minimum Gasteiger partial charge on any atom is -0.497 e. The third-order valence-corrected chi connectivity index (χ3v) is 5.71. The normalized spacial score (nSPS) is 14.4. The van der Waals surface area contributed by atoms with Gasteiger partial charge in [0.2, 0.25) is 0 Å². The molecular weight excluding hydrogens is 484 g/mol. The molecule has 0 saturated carbocycles. The van der Waals surface area contributed by atoms with Crippen LogP contribution in [-0.4, -0.2) is 104 Å². The maximum Gasteiger partial charge on any atom is 0.336 e. The number of methoxy groups -OCH3 is 1. The van der Waals surface area contributed by atoms with Gasteiger partial charge < -0.3 is 25.2 Å². The van der Waals surface area contributed by atoms with Crippen molar-refractivity contribution in [2.24, 2.45) is 0 Å². The SMILES string of the molecule is C=C(C)CN1CCN(Cc2cn[nH]c2-c2cccc(OC)c2)CC1.O=C(O)CC(O)(CC(=O)O)C(=O)O. The van der Waals surface area contributed by atoms with Gasteiger partial charge in [-0.25, -0.2) is 4.79 Å². The smallest absolute Gasteiger partial charge is 0.336 e. The van der Waals surface area contributed by atoms with Crippen LogP contribution in [0.5, 0.6) is 5.75 Å². The van der Waals surface area contributed by atoms with Crippen molar-refractivity contribution in [1.82, 2.24) is 20.0 Å². The zero-order valence-electron chi connectivity index (χ0n) is 21.0. The second-order valence-electron chi connectivity index (χ2n) is 8.99. The first-order chi connectivity index (χ1) is 17.4. The molecule has 0 bridgehead atoms. The second kappa shape index (κ2) is 13.5. The summed E-state index contributed by atoms with van der Waals surface area (Å²) in [6.45, 7) is 12.4. The Hall–Kier alpha value is -3.74. The Morgan fingerprint density at radius 2 is 1.68 bits per heavy atom. The van der Waals surface area contributed by atoms with Gasteiger partial charge in [-0.1, -0.05) is 24.3 Å². The number of H-pyrrole nitrogens is 1. The quantitative estimate of drug-likeness (QED) is 0.273. The van der Waals surface area contributed by atoms with E-state index in [0.29, 0.717) is 0 Å². The summed E-state index contributed by atoms with van der Waals surface area (Å²) in [4.78, 5) is 35.4. The van der Waals surface area contributed by atoms with Crippen molar-refractivity contribution in [3.63, 3.8) is 0 Å². The Labute approximate surface area is 214 Å². The van der Waals surface area contributed by atoms with E-state index in [1.165, 1.54) is 11.1 Å². The minimum atomic E-state index is -2.74. The van der Waals surface area contributed by atoms with Gasteiger partial charge in [-0.2, -0.15) is 5.10 Å². The summed E-state index contributed by atoms with van der Waals surface area (Å²) in [5.74, 6) is -4.16. The number of carbonyl (C=O) groups is 3. The van der Waals surface area contributed by atoms with E-state index < -0.39 is 36.4 Å². The van der Waals surface area contributed by atoms with Gasteiger partial charge in [0.15, 0.2) is 5.60 Å². The molecule has 1 aliphatic rings. The predicted molar refractivity (Wildman–Crippen MR) is 134 cm³/mol. The fourth-order valence-corrected chi connectivity index (χ4v) is 3.90. The fraction of sp³-hybridized carbons (Fsp3) is 0.440. The minimum absolute atomic E-state index is 0.862. The van der Waals surface area contributed by atoms with E-state index in [-0.39, 0.29) is 0 Å². The van der Waals surface area contributed by atoms with Crippen LogP contribution in [0, 0.1) is 0 Å². The Morgan fingerprint density at radius 1 is 1.08 bits per heavy atom. The molecule has 1 saturated heterocycles. The van der Waals surface area contributed by atoms with Crippen LogP contribution in [0.3, 0.4) is 0 Å². The van der Waals surface area contributed by atoms with Crippen LogP contribution in [0.15, 0.2) is 42.6 Å². The number of aromatic nitrogens is 2. The number of rotatable bonds is 11. The largest absolute Gasteiger partial charge is 0.497 e. The van der Waals surface area contributed by atoms with Crippen LogP contribution < -0.4 is 4.74 Å². The van der Waals surface area contributed by atoms with Gasteiger partial charge >= 0.3 is 17.9 Å². The van der Waals surface area contributed by atoms with Crippen molar-refractivity contribution in [2.45, 2.75) is 31.9 Å². The van der Waals surface area contributed by atoms with Crippen molar-refractivity contribution in [3.05, 3.63) is 48.2 Å². The third-order valence-electron chi connectivity index (χ3n) is 5.71. The number of benzene rings is 1. The molecule has 202 valence electrons. The van der Waals surface area contributed by atoms with Crippen LogP contribution in [-0.2, 0) is 20.9 Å². The van der Waals surface area contributed by atoms with Crippen LogP contribution in [0.4, 0.5) is 0 Å². The molecule has 12 nitrogen and oxygen atoms in total. The highest BCUT2D eigenvalue weighted by Crippen LogP contribution is 2.26. The van der Waals surface area contributed by atoms with Crippen LogP contribution in [0.2, 0.25) is 0 Å². The number of nitrogens with one attached hydrogen (secondary N) is 1. The van der Waals surface area contributed by atoms with Gasteiger partial charge in [-0.15, -0.1) is 0 Å². The summed E-state index contributed by atoms with van der Waals surface area (Å²) in [5, 5.41) is 41.2. The molecule has 5 N–H and O–H groups in total. The maximum absolute atomic E-state index is 10.3. The molecule has 0 unspecified atom stereocenters. The van der Waals surface area contributed by atoms with E-state index in [0.717, 1.165) is 56.3 Å². The average Bonchev–Trinajstić information content (AvgIpc) is 3.27. The van der Waals surface area contributed by atoms with Gasteiger partial charge in [-0.3, -0.25) is 24.5 Å². The third kappa shape index (κ3) is 9.33. The van der Waals surface area contributed by atoms with Gasteiger partial charge in [0.25, 0.3) is 0 Å².